The molecule has 2 aromatic carbocycles. The summed E-state index contributed by atoms with van der Waals surface area (Å²) in [7, 11) is 1.30. The van der Waals surface area contributed by atoms with E-state index >= 15 is 0 Å². The highest BCUT2D eigenvalue weighted by molar-refractivity contribution is 5.95. The van der Waals surface area contributed by atoms with Gasteiger partial charge in [0.2, 0.25) is 0 Å². The van der Waals surface area contributed by atoms with Crippen LogP contribution in [0.2, 0.25) is 0 Å². The molecule has 3 rings (SSSR count). The smallest absolute Gasteiger partial charge is 0.260 e. The van der Waals surface area contributed by atoms with E-state index < -0.39 is 23.1 Å². The van der Waals surface area contributed by atoms with Gasteiger partial charge in [0.1, 0.15) is 28.8 Å². The van der Waals surface area contributed by atoms with Crippen molar-refractivity contribution in [2.75, 3.05) is 13.7 Å². The molecule has 0 N–H and O–H groups in total. The summed E-state index contributed by atoms with van der Waals surface area (Å²) in [5, 5.41) is 0. The zero-order valence-electron chi connectivity index (χ0n) is 13.8. The molecule has 1 fully saturated rings. The van der Waals surface area contributed by atoms with Crippen LogP contribution in [0.4, 0.5) is 13.2 Å². The van der Waals surface area contributed by atoms with Crippen molar-refractivity contribution in [3.05, 3.63) is 65.0 Å². The summed E-state index contributed by atoms with van der Waals surface area (Å²) in [5.41, 5.74) is 0.165. The molecule has 1 aliphatic heterocycles. The van der Waals surface area contributed by atoms with Crippen molar-refractivity contribution in [3.63, 3.8) is 0 Å². The molecule has 0 aromatic heterocycles. The molecule has 25 heavy (non-hydrogen) atoms. The van der Waals surface area contributed by atoms with Gasteiger partial charge in [0.05, 0.1) is 13.2 Å². The minimum absolute atomic E-state index is 0.0141. The van der Waals surface area contributed by atoms with E-state index in [1.54, 1.807) is 12.1 Å². The number of methoxy groups -OCH3 is 1. The lowest BCUT2D eigenvalue weighted by molar-refractivity contribution is 0.0601. The van der Waals surface area contributed by atoms with Gasteiger partial charge in [-0.2, -0.15) is 0 Å². The Bertz CT molecular complexity index is 754. The standard InChI is InChI=1S/C19H18F3NO2/c1-25-14-10-15(21)18(16(22)11-14)19(24)23-9-3-2-4-17(23)12-5-7-13(20)8-6-12/h5-8,10-11,17H,2-4,9H2,1H3/t17-/m1/s1. The lowest BCUT2D eigenvalue weighted by Crippen LogP contribution is -2.39. The molecule has 1 saturated heterocycles. The lowest BCUT2D eigenvalue weighted by Gasteiger charge is -2.36. The quantitative estimate of drug-likeness (QED) is 0.818. The largest absolute Gasteiger partial charge is 0.497 e. The van der Waals surface area contributed by atoms with Crippen molar-refractivity contribution in [2.45, 2.75) is 25.3 Å². The van der Waals surface area contributed by atoms with E-state index in [-0.39, 0.29) is 17.6 Å². The summed E-state index contributed by atoms with van der Waals surface area (Å²) >= 11 is 0. The topological polar surface area (TPSA) is 29.5 Å². The maximum absolute atomic E-state index is 14.3. The second-order valence-corrected chi connectivity index (χ2v) is 6.03. The number of benzene rings is 2. The summed E-state index contributed by atoms with van der Waals surface area (Å²) in [6.07, 6.45) is 2.30. The molecule has 6 heteroatoms. The van der Waals surface area contributed by atoms with Gasteiger partial charge in [-0.05, 0) is 37.0 Å². The van der Waals surface area contributed by atoms with Crippen molar-refractivity contribution in [2.24, 2.45) is 0 Å². The maximum atomic E-state index is 14.3. The predicted octanol–water partition coefficient (Wildman–Crippen LogP) is 4.48. The molecule has 0 saturated carbocycles. The fourth-order valence-corrected chi connectivity index (χ4v) is 3.22. The van der Waals surface area contributed by atoms with Gasteiger partial charge >= 0.3 is 0 Å². The van der Waals surface area contributed by atoms with Gasteiger partial charge in [-0.25, -0.2) is 13.2 Å². The third-order valence-corrected chi connectivity index (χ3v) is 4.48. The van der Waals surface area contributed by atoms with Crippen LogP contribution >= 0.6 is 0 Å². The predicted molar refractivity (Wildman–Crippen MR) is 86.9 cm³/mol. The molecule has 0 unspecified atom stereocenters. The van der Waals surface area contributed by atoms with Gasteiger partial charge in [-0.15, -0.1) is 0 Å². The van der Waals surface area contributed by atoms with E-state index in [1.165, 1.54) is 24.1 Å². The van der Waals surface area contributed by atoms with Crippen molar-refractivity contribution < 1.29 is 22.7 Å². The normalized spacial score (nSPS) is 17.4. The van der Waals surface area contributed by atoms with Crippen molar-refractivity contribution in [3.8, 4) is 5.75 Å². The molecule has 0 spiro atoms. The highest BCUT2D eigenvalue weighted by Crippen LogP contribution is 2.33. The first kappa shape index (κ1) is 17.3. The fraction of sp³-hybridized carbons (Fsp3) is 0.316. The Morgan fingerprint density at radius 2 is 1.72 bits per heavy atom. The van der Waals surface area contributed by atoms with E-state index in [4.69, 9.17) is 4.74 Å². The second kappa shape index (κ2) is 7.17. The molecule has 1 atom stereocenters. The summed E-state index contributed by atoms with van der Waals surface area (Å²) < 4.78 is 46.5. The number of amides is 1. The average Bonchev–Trinajstić information content (AvgIpc) is 2.61. The van der Waals surface area contributed by atoms with Gasteiger partial charge < -0.3 is 9.64 Å². The van der Waals surface area contributed by atoms with Crippen LogP contribution < -0.4 is 4.74 Å². The van der Waals surface area contributed by atoms with Gasteiger partial charge in [0, 0.05) is 18.7 Å². The minimum atomic E-state index is -0.953. The molecule has 1 heterocycles. The highest BCUT2D eigenvalue weighted by atomic mass is 19.1. The number of rotatable bonds is 3. The molecule has 0 bridgehead atoms. The molecule has 3 nitrogen and oxygen atoms in total. The number of carbonyl (C=O) groups is 1. The van der Waals surface area contributed by atoms with Gasteiger partial charge in [-0.3, -0.25) is 4.79 Å². The lowest BCUT2D eigenvalue weighted by atomic mass is 9.94. The van der Waals surface area contributed by atoms with E-state index in [2.05, 4.69) is 0 Å². The average molecular weight is 349 g/mol. The number of ether oxygens (including phenoxy) is 1. The van der Waals surface area contributed by atoms with E-state index in [0.717, 1.165) is 30.5 Å². The number of piperidine rings is 1. The summed E-state index contributed by atoms with van der Waals surface area (Å²) in [6.45, 7) is 0.395. The molecular weight excluding hydrogens is 331 g/mol. The van der Waals surface area contributed by atoms with Crippen LogP contribution in [0.25, 0.3) is 0 Å². The van der Waals surface area contributed by atoms with Crippen LogP contribution in [-0.2, 0) is 0 Å². The zero-order chi connectivity index (χ0) is 18.0. The molecule has 132 valence electrons. The second-order valence-electron chi connectivity index (χ2n) is 6.03. The number of carbonyl (C=O) groups excluding carboxylic acids is 1. The van der Waals surface area contributed by atoms with Crippen LogP contribution in [0.5, 0.6) is 5.75 Å². The number of likely N-dealkylation sites (tertiary alicyclic amines) is 1. The number of halogens is 3. The van der Waals surface area contributed by atoms with Crippen LogP contribution in [-0.4, -0.2) is 24.5 Å². The first-order chi connectivity index (χ1) is 12.0. The Balaban J connectivity index is 1.95. The summed E-state index contributed by atoms with van der Waals surface area (Å²) in [6, 6.07) is 7.50. The van der Waals surface area contributed by atoms with E-state index in [9.17, 15) is 18.0 Å². The third kappa shape index (κ3) is 3.48. The van der Waals surface area contributed by atoms with Gasteiger partial charge in [0.15, 0.2) is 0 Å². The molecular formula is C19H18F3NO2. The Kier molecular flexibility index (Phi) is 4.97. The van der Waals surface area contributed by atoms with Crippen LogP contribution in [0, 0.1) is 17.5 Å². The Morgan fingerprint density at radius 1 is 1.08 bits per heavy atom. The van der Waals surface area contributed by atoms with Crippen LogP contribution in [0.3, 0.4) is 0 Å². The number of hydrogen-bond acceptors (Lipinski definition) is 2. The maximum Gasteiger partial charge on any atom is 0.260 e. The number of hydrogen-bond donors (Lipinski definition) is 0. The molecule has 2 aromatic rings. The third-order valence-electron chi connectivity index (χ3n) is 4.48. The monoisotopic (exact) mass is 349 g/mol. The first-order valence-electron chi connectivity index (χ1n) is 8.10. The summed E-state index contributed by atoms with van der Waals surface area (Å²) in [5.74, 6) is -2.97. The first-order valence-corrected chi connectivity index (χ1v) is 8.10. The molecule has 0 radical (unpaired) electrons. The van der Waals surface area contributed by atoms with Crippen molar-refractivity contribution in [1.29, 1.82) is 0 Å². The minimum Gasteiger partial charge on any atom is -0.497 e. The SMILES string of the molecule is COc1cc(F)c(C(=O)N2CCCC[C@@H]2c2ccc(F)cc2)c(F)c1. The van der Waals surface area contributed by atoms with Gasteiger partial charge in [0.25, 0.3) is 5.91 Å². The van der Waals surface area contributed by atoms with E-state index in [1.807, 2.05) is 0 Å². The van der Waals surface area contributed by atoms with Crippen LogP contribution in [0.1, 0.15) is 41.2 Å². The van der Waals surface area contributed by atoms with Crippen molar-refractivity contribution in [1.82, 2.24) is 4.90 Å². The molecule has 1 aliphatic rings. The van der Waals surface area contributed by atoms with E-state index in [0.29, 0.717) is 13.0 Å². The van der Waals surface area contributed by atoms with Crippen molar-refractivity contribution >= 4 is 5.91 Å². The summed E-state index contributed by atoms with van der Waals surface area (Å²) in [4.78, 5) is 14.3. The van der Waals surface area contributed by atoms with Crippen LogP contribution in [0.15, 0.2) is 36.4 Å². The Hall–Kier alpha value is -2.50. The number of nitrogens with zero attached hydrogens (tertiary/aromatic N) is 1. The highest BCUT2D eigenvalue weighted by Gasteiger charge is 2.32. The molecule has 0 aliphatic carbocycles. The molecule has 1 amide bonds. The Morgan fingerprint density at radius 3 is 2.32 bits per heavy atom. The fourth-order valence-electron chi connectivity index (χ4n) is 3.22. The van der Waals surface area contributed by atoms with Gasteiger partial charge in [-0.1, -0.05) is 12.1 Å². The Labute approximate surface area is 144 Å². The zero-order valence-corrected chi connectivity index (χ0v) is 13.8.